The number of amides is 1. The minimum absolute atomic E-state index is 0.00712. The molecule has 1 aromatic carbocycles. The summed E-state index contributed by atoms with van der Waals surface area (Å²) in [4.78, 5) is 13.8. The molecule has 0 aromatic heterocycles. The van der Waals surface area contributed by atoms with Gasteiger partial charge < -0.3 is 20.3 Å². The highest BCUT2D eigenvalue weighted by Gasteiger charge is 2.05. The average molecular weight is 279 g/mol. The molecule has 0 heterocycles. The maximum atomic E-state index is 11.7. The Kier molecular flexibility index (Phi) is 6.87. The van der Waals surface area contributed by atoms with Crippen LogP contribution in [0, 0.1) is 6.92 Å². The summed E-state index contributed by atoms with van der Waals surface area (Å²) >= 11 is 0. The number of anilines is 1. The molecule has 0 aliphatic carbocycles. The van der Waals surface area contributed by atoms with Crippen LogP contribution in [0.3, 0.4) is 0 Å². The SMILES string of the molecule is COc1ccc(C)cc1NCC(=O)NCCCN(C)C. The number of aryl methyl sites for hydroxylation is 1. The molecule has 0 unspecified atom stereocenters. The van der Waals surface area contributed by atoms with Crippen molar-refractivity contribution < 1.29 is 9.53 Å². The molecular formula is C15H25N3O2. The molecule has 1 rings (SSSR count). The molecule has 1 amide bonds. The quantitative estimate of drug-likeness (QED) is 0.708. The summed E-state index contributed by atoms with van der Waals surface area (Å²) in [6, 6.07) is 5.84. The van der Waals surface area contributed by atoms with E-state index in [0.717, 1.165) is 30.0 Å². The first-order chi connectivity index (χ1) is 9.52. The van der Waals surface area contributed by atoms with Crippen molar-refractivity contribution in [2.75, 3.05) is 46.2 Å². The van der Waals surface area contributed by atoms with E-state index in [1.807, 2.05) is 39.2 Å². The highest BCUT2D eigenvalue weighted by Crippen LogP contribution is 2.24. The van der Waals surface area contributed by atoms with E-state index >= 15 is 0 Å². The fourth-order valence-electron chi connectivity index (χ4n) is 1.82. The van der Waals surface area contributed by atoms with Crippen molar-refractivity contribution in [3.8, 4) is 5.75 Å². The first kappa shape index (κ1) is 16.3. The molecule has 112 valence electrons. The second kappa shape index (κ2) is 8.43. The van der Waals surface area contributed by atoms with E-state index in [4.69, 9.17) is 4.74 Å². The van der Waals surface area contributed by atoms with Gasteiger partial charge in [-0.3, -0.25) is 4.79 Å². The molecule has 0 atom stereocenters. The number of rotatable bonds is 8. The van der Waals surface area contributed by atoms with Crippen LogP contribution in [-0.2, 0) is 4.79 Å². The van der Waals surface area contributed by atoms with Gasteiger partial charge in [-0.1, -0.05) is 6.07 Å². The number of ether oxygens (including phenoxy) is 1. The van der Waals surface area contributed by atoms with Gasteiger partial charge in [0.05, 0.1) is 19.3 Å². The van der Waals surface area contributed by atoms with Crippen LogP contribution in [-0.4, -0.2) is 51.6 Å². The molecule has 5 nitrogen and oxygen atoms in total. The zero-order valence-corrected chi connectivity index (χ0v) is 12.8. The Morgan fingerprint density at radius 2 is 2.10 bits per heavy atom. The summed E-state index contributed by atoms with van der Waals surface area (Å²) in [6.45, 7) is 3.93. The van der Waals surface area contributed by atoms with Crippen LogP contribution < -0.4 is 15.4 Å². The standard InChI is InChI=1S/C15H25N3O2/c1-12-6-7-14(20-4)13(10-12)17-11-15(19)16-8-5-9-18(2)3/h6-7,10,17H,5,8-9,11H2,1-4H3,(H,16,19). The Hall–Kier alpha value is -1.75. The lowest BCUT2D eigenvalue weighted by Crippen LogP contribution is -2.32. The minimum atomic E-state index is -0.00712. The molecule has 0 spiro atoms. The molecule has 1 aromatic rings. The Morgan fingerprint density at radius 3 is 2.75 bits per heavy atom. The molecule has 2 N–H and O–H groups in total. The van der Waals surface area contributed by atoms with Crippen LogP contribution in [0.5, 0.6) is 5.75 Å². The molecule has 0 bridgehead atoms. The van der Waals surface area contributed by atoms with Crippen LogP contribution in [0.1, 0.15) is 12.0 Å². The number of carbonyl (C=O) groups is 1. The summed E-state index contributed by atoms with van der Waals surface area (Å²) in [5, 5.41) is 6.00. The zero-order valence-electron chi connectivity index (χ0n) is 12.8. The van der Waals surface area contributed by atoms with E-state index in [2.05, 4.69) is 15.5 Å². The maximum absolute atomic E-state index is 11.7. The van der Waals surface area contributed by atoms with Gasteiger partial charge in [-0.2, -0.15) is 0 Å². The highest BCUT2D eigenvalue weighted by molar-refractivity contribution is 5.81. The highest BCUT2D eigenvalue weighted by atomic mass is 16.5. The third-order valence-corrected chi connectivity index (χ3v) is 2.90. The van der Waals surface area contributed by atoms with E-state index in [1.54, 1.807) is 7.11 Å². The van der Waals surface area contributed by atoms with Crippen LogP contribution >= 0.6 is 0 Å². The first-order valence-corrected chi connectivity index (χ1v) is 6.83. The van der Waals surface area contributed by atoms with Gasteiger partial charge in [-0.15, -0.1) is 0 Å². The molecule has 0 aliphatic rings. The Balaban J connectivity index is 2.35. The molecule has 20 heavy (non-hydrogen) atoms. The lowest BCUT2D eigenvalue weighted by molar-refractivity contribution is -0.119. The molecular weight excluding hydrogens is 254 g/mol. The normalized spacial score (nSPS) is 10.4. The number of nitrogens with one attached hydrogen (secondary N) is 2. The van der Waals surface area contributed by atoms with Crippen molar-refractivity contribution in [1.29, 1.82) is 0 Å². The van der Waals surface area contributed by atoms with Gasteiger partial charge in [0.15, 0.2) is 0 Å². The van der Waals surface area contributed by atoms with E-state index in [-0.39, 0.29) is 12.5 Å². The maximum Gasteiger partial charge on any atom is 0.239 e. The fraction of sp³-hybridized carbons (Fsp3) is 0.533. The average Bonchev–Trinajstić information content (AvgIpc) is 2.41. The Labute approximate surface area is 121 Å². The van der Waals surface area contributed by atoms with Gasteiger partial charge in [-0.25, -0.2) is 0 Å². The molecule has 0 radical (unpaired) electrons. The van der Waals surface area contributed by atoms with Gasteiger partial charge in [0.1, 0.15) is 5.75 Å². The van der Waals surface area contributed by atoms with Crippen molar-refractivity contribution in [1.82, 2.24) is 10.2 Å². The van der Waals surface area contributed by atoms with Crippen LogP contribution in [0.2, 0.25) is 0 Å². The minimum Gasteiger partial charge on any atom is -0.495 e. The molecule has 0 aliphatic heterocycles. The Morgan fingerprint density at radius 1 is 1.35 bits per heavy atom. The summed E-state index contributed by atoms with van der Waals surface area (Å²) in [7, 11) is 5.66. The number of nitrogens with zero attached hydrogens (tertiary/aromatic N) is 1. The fourth-order valence-corrected chi connectivity index (χ4v) is 1.82. The predicted molar refractivity (Wildman–Crippen MR) is 82.4 cm³/mol. The van der Waals surface area contributed by atoms with E-state index in [1.165, 1.54) is 0 Å². The van der Waals surface area contributed by atoms with Crippen LogP contribution in [0.4, 0.5) is 5.69 Å². The van der Waals surface area contributed by atoms with Crippen LogP contribution in [0.15, 0.2) is 18.2 Å². The summed E-state index contributed by atoms with van der Waals surface area (Å²) in [6.07, 6.45) is 0.951. The van der Waals surface area contributed by atoms with Crippen LogP contribution in [0.25, 0.3) is 0 Å². The first-order valence-electron chi connectivity index (χ1n) is 6.83. The van der Waals surface area contributed by atoms with Crippen molar-refractivity contribution in [2.45, 2.75) is 13.3 Å². The number of methoxy groups -OCH3 is 1. The van der Waals surface area contributed by atoms with Crippen molar-refractivity contribution in [3.05, 3.63) is 23.8 Å². The molecule has 0 saturated carbocycles. The van der Waals surface area contributed by atoms with E-state index in [0.29, 0.717) is 6.54 Å². The third kappa shape index (κ3) is 5.93. The van der Waals surface area contributed by atoms with Gasteiger partial charge in [0.2, 0.25) is 5.91 Å². The third-order valence-electron chi connectivity index (χ3n) is 2.90. The monoisotopic (exact) mass is 279 g/mol. The largest absolute Gasteiger partial charge is 0.495 e. The number of hydrogen-bond acceptors (Lipinski definition) is 4. The van der Waals surface area contributed by atoms with Crippen molar-refractivity contribution >= 4 is 11.6 Å². The van der Waals surface area contributed by atoms with Gasteiger partial charge in [-0.05, 0) is 51.7 Å². The summed E-state index contributed by atoms with van der Waals surface area (Å²) in [5.74, 6) is 0.739. The van der Waals surface area contributed by atoms with Gasteiger partial charge >= 0.3 is 0 Å². The van der Waals surface area contributed by atoms with Gasteiger partial charge in [0, 0.05) is 6.54 Å². The molecule has 0 fully saturated rings. The summed E-state index contributed by atoms with van der Waals surface area (Å²) in [5.41, 5.74) is 1.97. The van der Waals surface area contributed by atoms with E-state index in [9.17, 15) is 4.79 Å². The summed E-state index contributed by atoms with van der Waals surface area (Å²) < 4.78 is 5.26. The van der Waals surface area contributed by atoms with Crippen molar-refractivity contribution in [3.63, 3.8) is 0 Å². The lowest BCUT2D eigenvalue weighted by atomic mass is 10.2. The Bertz CT molecular complexity index is 433. The smallest absolute Gasteiger partial charge is 0.239 e. The topological polar surface area (TPSA) is 53.6 Å². The zero-order chi connectivity index (χ0) is 15.0. The number of hydrogen-bond donors (Lipinski definition) is 2. The second-order valence-corrected chi connectivity index (χ2v) is 5.06. The molecule has 0 saturated heterocycles. The number of benzene rings is 1. The van der Waals surface area contributed by atoms with E-state index < -0.39 is 0 Å². The van der Waals surface area contributed by atoms with Crippen molar-refractivity contribution in [2.24, 2.45) is 0 Å². The molecule has 5 heteroatoms. The van der Waals surface area contributed by atoms with Gasteiger partial charge in [0.25, 0.3) is 0 Å². The number of carbonyl (C=O) groups excluding carboxylic acids is 1. The second-order valence-electron chi connectivity index (χ2n) is 5.06. The predicted octanol–water partition coefficient (Wildman–Crippen LogP) is 1.48. The lowest BCUT2D eigenvalue weighted by Gasteiger charge is -2.13.